The molecule has 24 heavy (non-hydrogen) atoms. The summed E-state index contributed by atoms with van der Waals surface area (Å²) in [4.78, 5) is 14.8. The molecule has 0 radical (unpaired) electrons. The fraction of sp³-hybridized carbons (Fsp3) is 0.381. The van der Waals surface area contributed by atoms with E-state index in [0.29, 0.717) is 5.92 Å². The Balaban J connectivity index is 1.66. The number of benzene rings is 2. The molecule has 0 unspecified atom stereocenters. The number of carbonyl (C=O) groups is 1. The number of anilines is 1. The largest absolute Gasteiger partial charge is 0.388 e. The highest BCUT2D eigenvalue weighted by atomic mass is 16.2. The molecule has 0 saturated carbocycles. The van der Waals surface area contributed by atoms with Crippen LogP contribution in [-0.4, -0.2) is 30.9 Å². The number of amides is 1. The summed E-state index contributed by atoms with van der Waals surface area (Å²) in [6, 6.07) is 14.7. The van der Waals surface area contributed by atoms with Gasteiger partial charge in [0.1, 0.15) is 0 Å². The van der Waals surface area contributed by atoms with Crippen LogP contribution in [0.3, 0.4) is 0 Å². The third-order valence-corrected chi connectivity index (χ3v) is 5.08. The Hall–Kier alpha value is -2.29. The number of hydrogen-bond acceptors (Lipinski definition) is 2. The van der Waals surface area contributed by atoms with Crippen LogP contribution in [0.5, 0.6) is 0 Å². The molecular formula is C21H26N2O. The molecule has 3 nitrogen and oxygen atoms in total. The SMILES string of the molecule is CNc1cc(C(=O)N2CCC(c3ccc(C)cc3)CC2)ccc1C. The molecule has 0 bridgehead atoms. The number of nitrogens with zero attached hydrogens (tertiary/aromatic N) is 1. The fourth-order valence-electron chi connectivity index (χ4n) is 3.46. The molecule has 1 N–H and O–H groups in total. The summed E-state index contributed by atoms with van der Waals surface area (Å²) in [5.74, 6) is 0.717. The molecule has 1 saturated heterocycles. The highest BCUT2D eigenvalue weighted by Gasteiger charge is 2.24. The Bertz CT molecular complexity index is 713. The fourth-order valence-corrected chi connectivity index (χ4v) is 3.46. The molecule has 3 heteroatoms. The number of nitrogens with one attached hydrogen (secondary N) is 1. The Kier molecular flexibility index (Phi) is 4.89. The molecule has 0 atom stereocenters. The normalized spacial score (nSPS) is 15.4. The van der Waals surface area contributed by atoms with E-state index < -0.39 is 0 Å². The van der Waals surface area contributed by atoms with E-state index in [2.05, 4.69) is 36.5 Å². The van der Waals surface area contributed by atoms with Crippen LogP contribution >= 0.6 is 0 Å². The molecule has 1 aliphatic heterocycles. The van der Waals surface area contributed by atoms with Gasteiger partial charge in [0.2, 0.25) is 0 Å². The van der Waals surface area contributed by atoms with Crippen molar-refractivity contribution in [1.29, 1.82) is 0 Å². The smallest absolute Gasteiger partial charge is 0.253 e. The number of piperidine rings is 1. The number of hydrogen-bond donors (Lipinski definition) is 1. The lowest BCUT2D eigenvalue weighted by Crippen LogP contribution is -2.37. The minimum absolute atomic E-state index is 0.147. The Morgan fingerprint density at radius 2 is 1.71 bits per heavy atom. The second-order valence-corrected chi connectivity index (χ2v) is 6.76. The predicted molar refractivity (Wildman–Crippen MR) is 99.8 cm³/mol. The second-order valence-electron chi connectivity index (χ2n) is 6.76. The van der Waals surface area contributed by atoms with E-state index in [1.54, 1.807) is 0 Å². The number of likely N-dealkylation sites (tertiary alicyclic amines) is 1. The molecule has 0 aromatic heterocycles. The Morgan fingerprint density at radius 1 is 1.04 bits per heavy atom. The maximum Gasteiger partial charge on any atom is 0.253 e. The third kappa shape index (κ3) is 3.45. The maximum absolute atomic E-state index is 12.8. The van der Waals surface area contributed by atoms with Gasteiger partial charge in [0.15, 0.2) is 0 Å². The zero-order valence-corrected chi connectivity index (χ0v) is 14.8. The summed E-state index contributed by atoms with van der Waals surface area (Å²) < 4.78 is 0. The summed E-state index contributed by atoms with van der Waals surface area (Å²) in [6.45, 7) is 5.83. The van der Waals surface area contributed by atoms with Crippen LogP contribution in [0.1, 0.15) is 45.8 Å². The average molecular weight is 322 g/mol. The van der Waals surface area contributed by atoms with E-state index in [1.165, 1.54) is 11.1 Å². The van der Waals surface area contributed by atoms with Crippen molar-refractivity contribution in [1.82, 2.24) is 4.90 Å². The van der Waals surface area contributed by atoms with Gasteiger partial charge in [-0.15, -0.1) is 0 Å². The molecule has 0 aliphatic carbocycles. The molecule has 1 heterocycles. The van der Waals surface area contributed by atoms with Gasteiger partial charge in [-0.2, -0.15) is 0 Å². The summed E-state index contributed by atoms with van der Waals surface area (Å²) >= 11 is 0. The summed E-state index contributed by atoms with van der Waals surface area (Å²) in [5, 5.41) is 3.16. The van der Waals surface area contributed by atoms with Gasteiger partial charge in [-0.05, 0) is 55.9 Å². The topological polar surface area (TPSA) is 32.3 Å². The van der Waals surface area contributed by atoms with Crippen molar-refractivity contribution in [3.05, 3.63) is 64.7 Å². The zero-order chi connectivity index (χ0) is 17.1. The van der Waals surface area contributed by atoms with E-state index in [0.717, 1.165) is 42.7 Å². The second kappa shape index (κ2) is 7.08. The van der Waals surface area contributed by atoms with Gasteiger partial charge in [-0.3, -0.25) is 4.79 Å². The van der Waals surface area contributed by atoms with Crippen LogP contribution in [0.2, 0.25) is 0 Å². The minimum atomic E-state index is 0.147. The molecule has 0 spiro atoms. The Morgan fingerprint density at radius 3 is 2.33 bits per heavy atom. The standard InChI is InChI=1S/C21H26N2O/c1-15-4-7-17(8-5-15)18-10-12-23(13-11-18)21(24)19-9-6-16(2)20(14-19)22-3/h4-9,14,18,22H,10-13H2,1-3H3. The third-order valence-electron chi connectivity index (χ3n) is 5.08. The molecule has 1 aliphatic rings. The minimum Gasteiger partial charge on any atom is -0.388 e. The van der Waals surface area contributed by atoms with Crippen LogP contribution in [0.25, 0.3) is 0 Å². The van der Waals surface area contributed by atoms with Crippen LogP contribution < -0.4 is 5.32 Å². The van der Waals surface area contributed by atoms with E-state index in [1.807, 2.05) is 37.1 Å². The van der Waals surface area contributed by atoms with E-state index >= 15 is 0 Å². The molecule has 2 aromatic carbocycles. The lowest BCUT2D eigenvalue weighted by Gasteiger charge is -2.32. The predicted octanol–water partition coefficient (Wildman–Crippen LogP) is 4.36. The first-order valence-electron chi connectivity index (χ1n) is 8.72. The highest BCUT2D eigenvalue weighted by molar-refractivity contribution is 5.95. The van der Waals surface area contributed by atoms with Crippen LogP contribution in [0, 0.1) is 13.8 Å². The van der Waals surface area contributed by atoms with Gasteiger partial charge < -0.3 is 10.2 Å². The quantitative estimate of drug-likeness (QED) is 0.910. The van der Waals surface area contributed by atoms with Gasteiger partial charge in [0.25, 0.3) is 5.91 Å². The number of carbonyl (C=O) groups excluding carboxylic acids is 1. The van der Waals surface area contributed by atoms with Gasteiger partial charge in [-0.25, -0.2) is 0 Å². The lowest BCUT2D eigenvalue weighted by molar-refractivity contribution is 0.0713. The zero-order valence-electron chi connectivity index (χ0n) is 14.8. The van der Waals surface area contributed by atoms with Gasteiger partial charge in [0, 0.05) is 31.4 Å². The van der Waals surface area contributed by atoms with Gasteiger partial charge >= 0.3 is 0 Å². The van der Waals surface area contributed by atoms with Crippen molar-refractivity contribution in [3.8, 4) is 0 Å². The van der Waals surface area contributed by atoms with E-state index in [9.17, 15) is 4.79 Å². The van der Waals surface area contributed by atoms with Gasteiger partial charge in [0.05, 0.1) is 0 Å². The molecule has 126 valence electrons. The van der Waals surface area contributed by atoms with Crippen LogP contribution in [-0.2, 0) is 0 Å². The van der Waals surface area contributed by atoms with Crippen molar-refractivity contribution < 1.29 is 4.79 Å². The van der Waals surface area contributed by atoms with E-state index in [4.69, 9.17) is 0 Å². The first kappa shape index (κ1) is 16.6. The van der Waals surface area contributed by atoms with Gasteiger partial charge in [-0.1, -0.05) is 35.9 Å². The summed E-state index contributed by atoms with van der Waals surface area (Å²) in [5.41, 5.74) is 5.66. The molecular weight excluding hydrogens is 296 g/mol. The van der Waals surface area contributed by atoms with Crippen molar-refractivity contribution in [2.45, 2.75) is 32.6 Å². The average Bonchev–Trinajstić information content (AvgIpc) is 2.62. The van der Waals surface area contributed by atoms with Crippen LogP contribution in [0.4, 0.5) is 5.69 Å². The van der Waals surface area contributed by atoms with Crippen molar-refractivity contribution in [2.24, 2.45) is 0 Å². The van der Waals surface area contributed by atoms with Crippen LogP contribution in [0.15, 0.2) is 42.5 Å². The Labute approximate surface area is 144 Å². The first-order chi connectivity index (χ1) is 11.6. The maximum atomic E-state index is 12.8. The van der Waals surface area contributed by atoms with E-state index in [-0.39, 0.29) is 5.91 Å². The summed E-state index contributed by atoms with van der Waals surface area (Å²) in [6.07, 6.45) is 2.08. The van der Waals surface area contributed by atoms with Crippen molar-refractivity contribution >= 4 is 11.6 Å². The summed E-state index contributed by atoms with van der Waals surface area (Å²) in [7, 11) is 1.89. The molecule has 2 aromatic rings. The number of aryl methyl sites for hydroxylation is 2. The first-order valence-corrected chi connectivity index (χ1v) is 8.72. The monoisotopic (exact) mass is 322 g/mol. The molecule has 3 rings (SSSR count). The van der Waals surface area contributed by atoms with Crippen molar-refractivity contribution in [2.75, 3.05) is 25.5 Å². The number of rotatable bonds is 3. The lowest BCUT2D eigenvalue weighted by atomic mass is 9.89. The highest BCUT2D eigenvalue weighted by Crippen LogP contribution is 2.29. The molecule has 1 fully saturated rings. The molecule has 1 amide bonds. The van der Waals surface area contributed by atoms with Crippen molar-refractivity contribution in [3.63, 3.8) is 0 Å².